The van der Waals surface area contributed by atoms with Crippen molar-refractivity contribution in [2.45, 2.75) is 44.2 Å². The van der Waals surface area contributed by atoms with Crippen molar-refractivity contribution in [1.82, 2.24) is 9.97 Å². The van der Waals surface area contributed by atoms with Gasteiger partial charge in [-0.25, -0.2) is 0 Å². The molecule has 0 bridgehead atoms. The van der Waals surface area contributed by atoms with E-state index < -0.39 is 0 Å². The maximum atomic E-state index is 12.1. The number of benzene rings is 1. The lowest BCUT2D eigenvalue weighted by atomic mass is 10.1. The van der Waals surface area contributed by atoms with Gasteiger partial charge < -0.3 is 10.1 Å². The first-order valence-electron chi connectivity index (χ1n) is 7.69. The fraction of sp³-hybridized carbons (Fsp3) is 0.412. The van der Waals surface area contributed by atoms with E-state index in [0.717, 1.165) is 17.7 Å². The van der Waals surface area contributed by atoms with E-state index in [1.165, 1.54) is 31.0 Å². The van der Waals surface area contributed by atoms with Crippen molar-refractivity contribution < 1.29 is 5.11 Å². The molecule has 0 saturated heterocycles. The zero-order valence-electron chi connectivity index (χ0n) is 12.8. The van der Waals surface area contributed by atoms with Gasteiger partial charge in [0.1, 0.15) is 0 Å². The van der Waals surface area contributed by atoms with Crippen molar-refractivity contribution in [3.05, 3.63) is 51.8 Å². The Balaban J connectivity index is 2.01. The summed E-state index contributed by atoms with van der Waals surface area (Å²) in [7, 11) is 0. The zero-order valence-corrected chi connectivity index (χ0v) is 13.7. The fourth-order valence-electron chi connectivity index (χ4n) is 2.19. The maximum Gasteiger partial charge on any atom is 0.258 e. The average molecular weight is 318 g/mol. The predicted molar refractivity (Wildman–Crippen MR) is 90.6 cm³/mol. The van der Waals surface area contributed by atoms with Crippen LogP contribution in [-0.2, 0) is 6.42 Å². The monoisotopic (exact) mass is 318 g/mol. The molecule has 2 N–H and O–H groups in total. The Morgan fingerprint density at radius 1 is 1.18 bits per heavy atom. The number of nitrogens with one attached hydrogen (secondary N) is 1. The fourth-order valence-corrected chi connectivity index (χ4v) is 3.05. The quantitative estimate of drug-likeness (QED) is 0.442. The van der Waals surface area contributed by atoms with Gasteiger partial charge >= 0.3 is 0 Å². The van der Waals surface area contributed by atoms with E-state index >= 15 is 0 Å². The summed E-state index contributed by atoms with van der Waals surface area (Å²) in [6.07, 6.45) is 5.09. The molecule has 1 heterocycles. The molecule has 0 atom stereocenters. The molecule has 0 amide bonds. The summed E-state index contributed by atoms with van der Waals surface area (Å²) in [6.45, 7) is 2.18. The molecule has 0 fully saturated rings. The smallest absolute Gasteiger partial charge is 0.258 e. The van der Waals surface area contributed by atoms with Crippen LogP contribution in [0.2, 0.25) is 0 Å². The van der Waals surface area contributed by atoms with Gasteiger partial charge in [-0.1, -0.05) is 68.3 Å². The third-order valence-corrected chi connectivity index (χ3v) is 4.39. The Bertz CT molecular complexity index is 641. The highest BCUT2D eigenvalue weighted by molar-refractivity contribution is 7.99. The molecule has 0 aliphatic rings. The molecule has 0 saturated carbocycles. The summed E-state index contributed by atoms with van der Waals surface area (Å²) in [6, 6.07) is 9.59. The van der Waals surface area contributed by atoms with Gasteiger partial charge in [0.05, 0.1) is 5.56 Å². The highest BCUT2D eigenvalue weighted by Crippen LogP contribution is 2.20. The van der Waals surface area contributed by atoms with E-state index in [2.05, 4.69) is 16.9 Å². The normalized spacial score (nSPS) is 10.8. The van der Waals surface area contributed by atoms with Crippen LogP contribution in [0, 0.1) is 0 Å². The van der Waals surface area contributed by atoms with E-state index in [1.807, 2.05) is 30.3 Å². The SMILES string of the molecule is CCCCCCSc1nc(O)c(Cc2ccccc2)c(=O)[nH]1. The minimum absolute atomic E-state index is 0.163. The van der Waals surface area contributed by atoms with Gasteiger partial charge in [-0.05, 0) is 12.0 Å². The van der Waals surface area contributed by atoms with E-state index in [4.69, 9.17) is 0 Å². The van der Waals surface area contributed by atoms with Crippen molar-refractivity contribution >= 4 is 11.8 Å². The Morgan fingerprint density at radius 2 is 1.95 bits per heavy atom. The van der Waals surface area contributed by atoms with Gasteiger partial charge in [0, 0.05) is 12.2 Å². The molecule has 1 aromatic heterocycles. The molecular formula is C17H22N2O2S. The van der Waals surface area contributed by atoms with Crippen LogP contribution in [0.4, 0.5) is 0 Å². The second-order valence-electron chi connectivity index (χ2n) is 5.24. The van der Waals surface area contributed by atoms with Crippen LogP contribution in [0.5, 0.6) is 5.88 Å². The molecule has 118 valence electrons. The van der Waals surface area contributed by atoms with Gasteiger partial charge in [-0.15, -0.1) is 0 Å². The lowest BCUT2D eigenvalue weighted by molar-refractivity contribution is 0.437. The molecule has 0 aliphatic heterocycles. The summed E-state index contributed by atoms with van der Waals surface area (Å²) < 4.78 is 0. The molecule has 4 nitrogen and oxygen atoms in total. The van der Waals surface area contributed by atoms with Gasteiger partial charge in [-0.2, -0.15) is 4.98 Å². The van der Waals surface area contributed by atoms with Crippen LogP contribution in [0.15, 0.2) is 40.3 Å². The molecule has 2 aromatic rings. The molecule has 0 aliphatic carbocycles. The largest absolute Gasteiger partial charge is 0.493 e. The summed E-state index contributed by atoms with van der Waals surface area (Å²) in [5, 5.41) is 10.5. The number of unbranched alkanes of at least 4 members (excludes halogenated alkanes) is 3. The number of nitrogens with zero attached hydrogens (tertiary/aromatic N) is 1. The maximum absolute atomic E-state index is 12.1. The van der Waals surface area contributed by atoms with Gasteiger partial charge in [0.25, 0.3) is 5.56 Å². The van der Waals surface area contributed by atoms with Crippen LogP contribution >= 0.6 is 11.8 Å². The highest BCUT2D eigenvalue weighted by atomic mass is 32.2. The second kappa shape index (κ2) is 8.63. The Hall–Kier alpha value is -1.75. The first-order chi connectivity index (χ1) is 10.7. The van der Waals surface area contributed by atoms with Crippen LogP contribution in [0.25, 0.3) is 0 Å². The Morgan fingerprint density at radius 3 is 2.64 bits per heavy atom. The Kier molecular flexibility index (Phi) is 6.52. The van der Waals surface area contributed by atoms with Crippen LogP contribution in [-0.4, -0.2) is 20.8 Å². The molecular weight excluding hydrogens is 296 g/mol. The minimum atomic E-state index is -0.257. The number of rotatable bonds is 8. The lowest BCUT2D eigenvalue weighted by Gasteiger charge is -2.06. The molecule has 5 heteroatoms. The molecule has 0 unspecified atom stereocenters. The predicted octanol–water partition coefficient (Wildman–Crippen LogP) is 3.74. The number of thioether (sulfide) groups is 1. The minimum Gasteiger partial charge on any atom is -0.493 e. The Labute approximate surface area is 135 Å². The second-order valence-corrected chi connectivity index (χ2v) is 6.33. The van der Waals surface area contributed by atoms with E-state index in [0.29, 0.717) is 17.1 Å². The van der Waals surface area contributed by atoms with Crippen molar-refractivity contribution in [2.24, 2.45) is 0 Å². The van der Waals surface area contributed by atoms with Gasteiger partial charge in [0.15, 0.2) is 5.16 Å². The van der Waals surface area contributed by atoms with Crippen LogP contribution in [0.3, 0.4) is 0 Å². The zero-order chi connectivity index (χ0) is 15.8. The average Bonchev–Trinajstić information content (AvgIpc) is 2.52. The van der Waals surface area contributed by atoms with Crippen LogP contribution in [0.1, 0.15) is 43.7 Å². The van der Waals surface area contributed by atoms with Crippen molar-refractivity contribution in [1.29, 1.82) is 0 Å². The lowest BCUT2D eigenvalue weighted by Crippen LogP contribution is -2.15. The van der Waals surface area contributed by atoms with Crippen molar-refractivity contribution in [3.8, 4) is 5.88 Å². The van der Waals surface area contributed by atoms with Crippen molar-refractivity contribution in [3.63, 3.8) is 0 Å². The van der Waals surface area contributed by atoms with E-state index in [1.54, 1.807) is 0 Å². The summed E-state index contributed by atoms with van der Waals surface area (Å²) >= 11 is 1.49. The van der Waals surface area contributed by atoms with Crippen molar-refractivity contribution in [2.75, 3.05) is 5.75 Å². The topological polar surface area (TPSA) is 66.0 Å². The third-order valence-electron chi connectivity index (χ3n) is 3.43. The summed E-state index contributed by atoms with van der Waals surface area (Å²) in [4.78, 5) is 19.0. The molecule has 0 spiro atoms. The standard InChI is InChI=1S/C17H22N2O2S/c1-2-3-4-8-11-22-17-18-15(20)14(16(21)19-17)12-13-9-6-5-7-10-13/h5-7,9-10H,2-4,8,11-12H2,1H3,(H2,18,19,20,21). The number of hydrogen-bond donors (Lipinski definition) is 2. The van der Waals surface area contributed by atoms with Crippen LogP contribution < -0.4 is 5.56 Å². The number of aromatic nitrogens is 2. The van der Waals surface area contributed by atoms with Gasteiger partial charge in [0.2, 0.25) is 5.88 Å². The third kappa shape index (κ3) is 4.91. The molecule has 0 radical (unpaired) electrons. The van der Waals surface area contributed by atoms with Gasteiger partial charge in [-0.3, -0.25) is 4.79 Å². The molecule has 1 aromatic carbocycles. The van der Waals surface area contributed by atoms with E-state index in [-0.39, 0.29) is 11.4 Å². The number of aromatic hydroxyl groups is 1. The number of aromatic amines is 1. The number of H-pyrrole nitrogens is 1. The summed E-state index contributed by atoms with van der Waals surface area (Å²) in [5.74, 6) is 0.740. The first-order valence-corrected chi connectivity index (χ1v) is 8.68. The van der Waals surface area contributed by atoms with E-state index in [9.17, 15) is 9.90 Å². The first kappa shape index (κ1) is 16.6. The highest BCUT2D eigenvalue weighted by Gasteiger charge is 2.11. The summed E-state index contributed by atoms with van der Waals surface area (Å²) in [5.41, 5.74) is 1.04. The molecule has 2 rings (SSSR count). The molecule has 22 heavy (non-hydrogen) atoms. The number of hydrogen-bond acceptors (Lipinski definition) is 4.